The largest absolute Gasteiger partial charge is 0.481 e. The zero-order valence-electron chi connectivity index (χ0n) is 5.37. The van der Waals surface area contributed by atoms with Crippen LogP contribution in [0.4, 0.5) is 0 Å². The second-order valence-corrected chi connectivity index (χ2v) is 1.79. The second kappa shape index (κ2) is 4.09. The van der Waals surface area contributed by atoms with Crippen molar-refractivity contribution in [2.24, 2.45) is 5.73 Å². The molecule has 9 heavy (non-hydrogen) atoms. The van der Waals surface area contributed by atoms with Gasteiger partial charge in [0.25, 0.3) is 0 Å². The Morgan fingerprint density at radius 1 is 1.89 bits per heavy atom. The molecule has 0 aromatic carbocycles. The summed E-state index contributed by atoms with van der Waals surface area (Å²) in [7, 11) is 0. The van der Waals surface area contributed by atoms with Crippen molar-refractivity contribution in [1.29, 1.82) is 0 Å². The number of rotatable bonds is 3. The average Bonchev–Trinajstić information content (AvgIpc) is 1.63. The first-order valence-corrected chi connectivity index (χ1v) is 2.77. The molecule has 0 rings (SSSR count). The van der Waals surface area contributed by atoms with E-state index < -0.39 is 5.97 Å². The molecule has 3 heteroatoms. The minimum atomic E-state index is -0.861. The molecule has 1 atom stereocenters. The van der Waals surface area contributed by atoms with Crippen LogP contribution in [0.3, 0.4) is 0 Å². The lowest BCUT2D eigenvalue weighted by atomic mass is 10.2. The maximum atomic E-state index is 9.97. The van der Waals surface area contributed by atoms with Crippen LogP contribution in [0.15, 0.2) is 12.2 Å². The van der Waals surface area contributed by atoms with Crippen molar-refractivity contribution in [2.75, 3.05) is 0 Å². The molecule has 0 aromatic heterocycles. The number of aliphatic carboxylic acids is 1. The Morgan fingerprint density at radius 3 is 2.78 bits per heavy atom. The highest BCUT2D eigenvalue weighted by Crippen LogP contribution is 1.88. The third-order valence-corrected chi connectivity index (χ3v) is 0.850. The fraction of sp³-hybridized carbons (Fsp3) is 0.500. The molecule has 0 saturated carbocycles. The minimum Gasteiger partial charge on any atom is -0.481 e. The maximum absolute atomic E-state index is 9.97. The molecule has 0 fully saturated rings. The van der Waals surface area contributed by atoms with Crippen molar-refractivity contribution < 1.29 is 9.90 Å². The van der Waals surface area contributed by atoms with Crippen molar-refractivity contribution >= 4 is 5.97 Å². The van der Waals surface area contributed by atoms with Gasteiger partial charge >= 0.3 is 5.97 Å². The molecule has 0 radical (unpaired) electrons. The molecule has 0 aliphatic heterocycles. The minimum absolute atomic E-state index is 0.00431. The van der Waals surface area contributed by atoms with Gasteiger partial charge in [0.15, 0.2) is 0 Å². The summed E-state index contributed by atoms with van der Waals surface area (Å²) in [6, 6.07) is -0.340. The van der Waals surface area contributed by atoms with Gasteiger partial charge in [0.2, 0.25) is 0 Å². The van der Waals surface area contributed by atoms with Crippen LogP contribution in [-0.2, 0) is 4.79 Å². The third-order valence-electron chi connectivity index (χ3n) is 0.850. The van der Waals surface area contributed by atoms with Crippen LogP contribution in [0.5, 0.6) is 0 Å². The highest BCUT2D eigenvalue weighted by Gasteiger charge is 2.01. The van der Waals surface area contributed by atoms with Crippen LogP contribution in [0.2, 0.25) is 0 Å². The van der Waals surface area contributed by atoms with Crippen LogP contribution in [-0.4, -0.2) is 17.1 Å². The predicted octanol–water partition coefficient (Wildman–Crippen LogP) is 0.365. The lowest BCUT2D eigenvalue weighted by Crippen LogP contribution is -2.20. The molecular weight excluding hydrogens is 118 g/mol. The van der Waals surface area contributed by atoms with E-state index in [9.17, 15) is 4.79 Å². The summed E-state index contributed by atoms with van der Waals surface area (Å²) in [5.74, 6) is -0.861. The summed E-state index contributed by atoms with van der Waals surface area (Å²) in [5, 5.41) is 8.20. The van der Waals surface area contributed by atoms with Gasteiger partial charge in [0.1, 0.15) is 0 Å². The molecule has 0 amide bonds. The van der Waals surface area contributed by atoms with E-state index in [1.54, 1.807) is 12.2 Å². The molecule has 0 aliphatic carbocycles. The van der Waals surface area contributed by atoms with E-state index in [0.29, 0.717) is 0 Å². The number of allylic oxidation sites excluding steroid dienone is 1. The molecule has 0 bridgehead atoms. The Hall–Kier alpha value is -0.830. The summed E-state index contributed by atoms with van der Waals surface area (Å²) in [6.45, 7) is 1.81. The summed E-state index contributed by atoms with van der Waals surface area (Å²) in [6.07, 6.45) is 3.41. The number of hydrogen-bond donors (Lipinski definition) is 2. The molecule has 0 spiro atoms. The first-order valence-electron chi connectivity index (χ1n) is 2.77. The molecule has 3 nitrogen and oxygen atoms in total. The highest BCUT2D eigenvalue weighted by atomic mass is 16.4. The predicted molar refractivity (Wildman–Crippen MR) is 35.0 cm³/mol. The average molecular weight is 129 g/mol. The summed E-state index contributed by atoms with van der Waals surface area (Å²) in [4.78, 5) is 9.97. The number of nitrogens with two attached hydrogens (primary N) is 1. The van der Waals surface area contributed by atoms with Gasteiger partial charge in [-0.2, -0.15) is 0 Å². The zero-order chi connectivity index (χ0) is 7.28. The van der Waals surface area contributed by atoms with Crippen molar-refractivity contribution in [1.82, 2.24) is 0 Å². The van der Waals surface area contributed by atoms with E-state index in [-0.39, 0.29) is 12.5 Å². The first kappa shape index (κ1) is 8.17. The third kappa shape index (κ3) is 5.03. The van der Waals surface area contributed by atoms with Gasteiger partial charge < -0.3 is 10.8 Å². The van der Waals surface area contributed by atoms with Gasteiger partial charge in [-0.1, -0.05) is 12.2 Å². The van der Waals surface area contributed by atoms with Crippen molar-refractivity contribution in [3.8, 4) is 0 Å². The number of carboxylic acid groups (broad SMARTS) is 1. The fourth-order valence-corrected chi connectivity index (χ4v) is 0.517. The number of hydrogen-bond acceptors (Lipinski definition) is 2. The van der Waals surface area contributed by atoms with Gasteiger partial charge in [-0.3, -0.25) is 4.79 Å². The lowest BCUT2D eigenvalue weighted by molar-refractivity contribution is -0.137. The highest BCUT2D eigenvalue weighted by molar-refractivity contribution is 5.67. The smallest absolute Gasteiger partial charge is 0.305 e. The Kier molecular flexibility index (Phi) is 3.71. The van der Waals surface area contributed by atoms with Crippen LogP contribution < -0.4 is 5.73 Å². The maximum Gasteiger partial charge on any atom is 0.305 e. The Morgan fingerprint density at radius 2 is 2.44 bits per heavy atom. The van der Waals surface area contributed by atoms with Gasteiger partial charge in [-0.15, -0.1) is 0 Å². The van der Waals surface area contributed by atoms with E-state index >= 15 is 0 Å². The van der Waals surface area contributed by atoms with Crippen LogP contribution in [0.1, 0.15) is 13.3 Å². The molecule has 1 unspecified atom stereocenters. The van der Waals surface area contributed by atoms with Crippen molar-refractivity contribution in [2.45, 2.75) is 19.4 Å². The summed E-state index contributed by atoms with van der Waals surface area (Å²) >= 11 is 0. The molecule has 3 N–H and O–H groups in total. The van der Waals surface area contributed by atoms with E-state index in [1.807, 2.05) is 6.92 Å². The van der Waals surface area contributed by atoms with Crippen LogP contribution in [0, 0.1) is 0 Å². The Bertz CT molecular complexity index is 120. The Labute approximate surface area is 54.2 Å². The SMILES string of the molecule is CC=CC(N)CC(=O)O. The van der Waals surface area contributed by atoms with Gasteiger partial charge in [-0.25, -0.2) is 0 Å². The summed E-state index contributed by atoms with van der Waals surface area (Å²) in [5.41, 5.74) is 5.32. The zero-order valence-corrected chi connectivity index (χ0v) is 5.37. The van der Waals surface area contributed by atoms with Gasteiger partial charge in [0.05, 0.1) is 6.42 Å². The molecule has 0 saturated heterocycles. The molecule has 0 aliphatic rings. The van der Waals surface area contributed by atoms with E-state index in [2.05, 4.69) is 0 Å². The number of carbonyl (C=O) groups is 1. The van der Waals surface area contributed by atoms with Crippen molar-refractivity contribution in [3.63, 3.8) is 0 Å². The first-order chi connectivity index (χ1) is 4.16. The molecule has 0 aromatic rings. The summed E-state index contributed by atoms with van der Waals surface area (Å²) < 4.78 is 0. The quantitative estimate of drug-likeness (QED) is 0.541. The monoisotopic (exact) mass is 129 g/mol. The van der Waals surface area contributed by atoms with Gasteiger partial charge in [-0.05, 0) is 6.92 Å². The van der Waals surface area contributed by atoms with E-state index in [4.69, 9.17) is 10.8 Å². The Balaban J connectivity index is 3.50. The lowest BCUT2D eigenvalue weighted by Gasteiger charge is -1.98. The van der Waals surface area contributed by atoms with Crippen molar-refractivity contribution in [3.05, 3.63) is 12.2 Å². The standard InChI is InChI=1S/C6H11NO2/c1-2-3-5(7)4-6(8)9/h2-3,5H,4,7H2,1H3,(H,8,9). The second-order valence-electron chi connectivity index (χ2n) is 1.79. The van der Waals surface area contributed by atoms with Crippen LogP contribution in [0.25, 0.3) is 0 Å². The van der Waals surface area contributed by atoms with E-state index in [0.717, 1.165) is 0 Å². The topological polar surface area (TPSA) is 63.3 Å². The normalized spacial score (nSPS) is 14.0. The van der Waals surface area contributed by atoms with Crippen LogP contribution >= 0.6 is 0 Å². The number of carboxylic acids is 1. The van der Waals surface area contributed by atoms with E-state index in [1.165, 1.54) is 0 Å². The van der Waals surface area contributed by atoms with Gasteiger partial charge in [0, 0.05) is 6.04 Å². The molecule has 0 heterocycles. The molecule has 52 valence electrons. The fourth-order valence-electron chi connectivity index (χ4n) is 0.517. The molecular formula is C6H11NO2.